The number of hydrogen-bond acceptors (Lipinski definition) is 8. The number of guanidine groups is 2. The van der Waals surface area contributed by atoms with Gasteiger partial charge in [-0.2, -0.15) is 0 Å². The molecule has 17 nitrogen and oxygen atoms in total. The van der Waals surface area contributed by atoms with Crippen LogP contribution in [0.4, 0.5) is 0 Å². The van der Waals surface area contributed by atoms with Gasteiger partial charge in [-0.05, 0) is 38.0 Å². The number of amides is 4. The fraction of sp³-hybridized carbons (Fsp3) is 0.682. The van der Waals surface area contributed by atoms with E-state index in [1.165, 1.54) is 0 Å². The second-order valence-electron chi connectivity index (χ2n) is 9.20. The van der Waals surface area contributed by atoms with Crippen LogP contribution in [0, 0.1) is 5.92 Å². The lowest BCUT2D eigenvalue weighted by molar-refractivity contribution is -0.142. The second-order valence-corrected chi connectivity index (χ2v) is 9.20. The highest BCUT2D eigenvalue weighted by atomic mass is 16.4. The van der Waals surface area contributed by atoms with E-state index in [-0.39, 0.29) is 57.1 Å². The van der Waals surface area contributed by atoms with E-state index in [2.05, 4.69) is 25.9 Å². The molecule has 4 unspecified atom stereocenters. The minimum atomic E-state index is -1.42. The van der Waals surface area contributed by atoms with E-state index in [1.807, 2.05) is 0 Å². The van der Waals surface area contributed by atoms with Gasteiger partial charge < -0.3 is 55.5 Å². The van der Waals surface area contributed by atoms with Gasteiger partial charge in [0.05, 0.1) is 6.04 Å². The zero-order valence-electron chi connectivity index (χ0n) is 22.4. The highest BCUT2D eigenvalue weighted by Gasteiger charge is 2.31. The van der Waals surface area contributed by atoms with Crippen LogP contribution in [-0.2, 0) is 24.0 Å². The number of carbonyl (C=O) groups excluding carboxylic acids is 4. The van der Waals surface area contributed by atoms with E-state index in [0.717, 1.165) is 0 Å². The van der Waals surface area contributed by atoms with Crippen LogP contribution >= 0.6 is 0 Å². The highest BCUT2D eigenvalue weighted by Crippen LogP contribution is 2.08. The number of aliphatic carboxylic acids is 1. The first-order valence-electron chi connectivity index (χ1n) is 12.4. The molecular weight excluding hydrogens is 514 g/mol. The number of rotatable bonds is 19. The van der Waals surface area contributed by atoms with E-state index >= 15 is 0 Å². The van der Waals surface area contributed by atoms with Crippen molar-refractivity contribution in [2.24, 2.45) is 50.3 Å². The number of carboxylic acids is 1. The molecule has 0 aromatic heterocycles. The number of nitrogens with two attached hydrogens (primary N) is 6. The average Bonchev–Trinajstić information content (AvgIpc) is 2.83. The minimum Gasteiger partial charge on any atom is -0.480 e. The quantitative estimate of drug-likeness (QED) is 0.0413. The molecule has 17 heteroatoms. The Morgan fingerprint density at radius 3 is 1.69 bits per heavy atom. The van der Waals surface area contributed by atoms with E-state index in [4.69, 9.17) is 34.4 Å². The maximum Gasteiger partial charge on any atom is 0.326 e. The number of aliphatic imine (C=N–C) groups is 2. The zero-order chi connectivity index (χ0) is 30.1. The number of nitrogens with one attached hydrogen (secondary N) is 3. The molecule has 222 valence electrons. The number of carbonyl (C=O) groups is 5. The molecule has 0 aliphatic heterocycles. The summed E-state index contributed by atoms with van der Waals surface area (Å²) < 4.78 is 0. The Balaban J connectivity index is 5.51. The predicted octanol–water partition coefficient (Wildman–Crippen LogP) is -4.12. The van der Waals surface area contributed by atoms with Gasteiger partial charge in [0, 0.05) is 19.5 Å². The van der Waals surface area contributed by atoms with Crippen molar-refractivity contribution in [3.05, 3.63) is 0 Å². The van der Waals surface area contributed by atoms with Gasteiger partial charge in [0.2, 0.25) is 23.6 Å². The van der Waals surface area contributed by atoms with E-state index in [0.29, 0.717) is 6.42 Å². The molecule has 0 aliphatic carbocycles. The Kier molecular flexibility index (Phi) is 16.2. The molecule has 0 aromatic rings. The molecule has 4 amide bonds. The van der Waals surface area contributed by atoms with Crippen molar-refractivity contribution in [3.63, 3.8) is 0 Å². The van der Waals surface area contributed by atoms with Crippen LogP contribution in [0.15, 0.2) is 9.98 Å². The summed E-state index contributed by atoms with van der Waals surface area (Å²) in [4.78, 5) is 69.0. The third kappa shape index (κ3) is 15.6. The van der Waals surface area contributed by atoms with Gasteiger partial charge >= 0.3 is 5.97 Å². The zero-order valence-corrected chi connectivity index (χ0v) is 22.4. The van der Waals surface area contributed by atoms with Crippen LogP contribution in [0.3, 0.4) is 0 Å². The molecule has 16 N–H and O–H groups in total. The van der Waals surface area contributed by atoms with Gasteiger partial charge in [-0.25, -0.2) is 4.79 Å². The third-order valence-electron chi connectivity index (χ3n) is 5.42. The van der Waals surface area contributed by atoms with Gasteiger partial charge in [0.15, 0.2) is 11.9 Å². The van der Waals surface area contributed by atoms with Gasteiger partial charge in [-0.15, -0.1) is 0 Å². The molecule has 0 aliphatic rings. The van der Waals surface area contributed by atoms with Crippen molar-refractivity contribution in [1.82, 2.24) is 16.0 Å². The van der Waals surface area contributed by atoms with Crippen LogP contribution in [-0.4, -0.2) is 83.9 Å². The fourth-order valence-corrected chi connectivity index (χ4v) is 3.30. The van der Waals surface area contributed by atoms with Crippen LogP contribution < -0.4 is 50.4 Å². The number of hydrogen-bond donors (Lipinski definition) is 10. The summed E-state index contributed by atoms with van der Waals surface area (Å²) in [5.41, 5.74) is 32.2. The summed E-state index contributed by atoms with van der Waals surface area (Å²) in [5.74, 6) is -4.82. The molecular formula is C22H43N11O6. The van der Waals surface area contributed by atoms with Crippen molar-refractivity contribution in [2.75, 3.05) is 13.1 Å². The highest BCUT2D eigenvalue weighted by molar-refractivity contribution is 5.94. The smallest absolute Gasteiger partial charge is 0.326 e. The first-order valence-corrected chi connectivity index (χ1v) is 12.4. The van der Waals surface area contributed by atoms with Crippen molar-refractivity contribution in [2.45, 2.75) is 76.5 Å². The number of nitrogens with zero attached hydrogens (tertiary/aromatic N) is 2. The Morgan fingerprint density at radius 1 is 0.718 bits per heavy atom. The summed E-state index contributed by atoms with van der Waals surface area (Å²) in [5, 5.41) is 16.9. The Hall–Kier alpha value is -4.15. The monoisotopic (exact) mass is 557 g/mol. The lowest BCUT2D eigenvalue weighted by atomic mass is 10.0. The second kappa shape index (κ2) is 18.2. The molecule has 0 saturated heterocycles. The molecule has 0 heterocycles. The molecule has 0 rings (SSSR count). The van der Waals surface area contributed by atoms with E-state index < -0.39 is 59.7 Å². The molecule has 0 aromatic carbocycles. The third-order valence-corrected chi connectivity index (χ3v) is 5.42. The first kappa shape index (κ1) is 34.9. The summed E-state index contributed by atoms with van der Waals surface area (Å²) in [6.07, 6.45) is 0.480. The number of carboxylic acid groups (broad SMARTS) is 1. The minimum absolute atomic E-state index is 0.0412. The van der Waals surface area contributed by atoms with E-state index in [9.17, 15) is 29.1 Å². The van der Waals surface area contributed by atoms with Crippen molar-refractivity contribution < 1.29 is 29.1 Å². The molecule has 0 saturated carbocycles. The van der Waals surface area contributed by atoms with Gasteiger partial charge in [0.1, 0.15) is 18.1 Å². The molecule has 0 spiro atoms. The van der Waals surface area contributed by atoms with Crippen LogP contribution in [0.2, 0.25) is 0 Å². The Labute approximate surface area is 226 Å². The van der Waals surface area contributed by atoms with Gasteiger partial charge in [0.25, 0.3) is 0 Å². The molecule has 0 radical (unpaired) electrons. The average molecular weight is 558 g/mol. The maximum absolute atomic E-state index is 13.1. The Morgan fingerprint density at radius 2 is 1.23 bits per heavy atom. The van der Waals surface area contributed by atoms with Crippen molar-refractivity contribution in [1.29, 1.82) is 0 Å². The summed E-state index contributed by atoms with van der Waals surface area (Å²) in [6.45, 7) is 3.80. The summed E-state index contributed by atoms with van der Waals surface area (Å²) >= 11 is 0. The standard InChI is InChI=1S/C22H43N11O6/c1-11(2)16(33-17(35)12(23)5-3-9-29-21(25)26)19(37)31-13(6-4-10-30-22(27)28)18(36)32-14(20(38)39)7-8-15(24)34/h11-14,16H,3-10,23H2,1-2H3,(H2,24,34)(H,31,37)(H,32,36)(H,33,35)(H,38,39)(H4,25,26,29)(H4,27,28,30). The lowest BCUT2D eigenvalue weighted by Crippen LogP contribution is -2.58. The van der Waals surface area contributed by atoms with Crippen molar-refractivity contribution >= 4 is 41.5 Å². The SMILES string of the molecule is CC(C)C(NC(=O)C(N)CCCN=C(N)N)C(=O)NC(CCCN=C(N)N)C(=O)NC(CCC(N)=O)C(=O)O. The maximum atomic E-state index is 13.1. The molecule has 0 bridgehead atoms. The predicted molar refractivity (Wildman–Crippen MR) is 144 cm³/mol. The van der Waals surface area contributed by atoms with Crippen LogP contribution in [0.1, 0.15) is 52.4 Å². The number of primary amides is 1. The van der Waals surface area contributed by atoms with E-state index in [1.54, 1.807) is 13.8 Å². The van der Waals surface area contributed by atoms with Gasteiger partial charge in [-0.1, -0.05) is 13.8 Å². The largest absolute Gasteiger partial charge is 0.480 e. The molecule has 0 fully saturated rings. The van der Waals surface area contributed by atoms with Crippen LogP contribution in [0.5, 0.6) is 0 Å². The Bertz CT molecular complexity index is 901. The van der Waals surface area contributed by atoms with Crippen molar-refractivity contribution in [3.8, 4) is 0 Å². The summed E-state index contributed by atoms with van der Waals surface area (Å²) in [7, 11) is 0. The molecule has 4 atom stereocenters. The lowest BCUT2D eigenvalue weighted by Gasteiger charge is -2.27. The summed E-state index contributed by atoms with van der Waals surface area (Å²) in [6, 6.07) is -4.61. The topological polar surface area (TPSA) is 323 Å². The molecule has 39 heavy (non-hydrogen) atoms. The fourth-order valence-electron chi connectivity index (χ4n) is 3.30. The van der Waals surface area contributed by atoms with Gasteiger partial charge in [-0.3, -0.25) is 29.2 Å². The first-order chi connectivity index (χ1) is 18.1. The normalized spacial score (nSPS) is 13.7. The van der Waals surface area contributed by atoms with Crippen LogP contribution in [0.25, 0.3) is 0 Å².